The van der Waals surface area contributed by atoms with Gasteiger partial charge in [-0.2, -0.15) is 0 Å². The number of allylic oxidation sites excluding steroid dienone is 1. The smallest absolute Gasteiger partial charge is 0.0726 e. The third kappa shape index (κ3) is 3.51. The summed E-state index contributed by atoms with van der Waals surface area (Å²) in [7, 11) is 0. The van der Waals surface area contributed by atoms with Crippen LogP contribution in [0.2, 0.25) is 0 Å². The van der Waals surface area contributed by atoms with Gasteiger partial charge >= 0.3 is 0 Å². The van der Waals surface area contributed by atoms with Gasteiger partial charge in [0.05, 0.1) is 6.04 Å². The van der Waals surface area contributed by atoms with Gasteiger partial charge in [-0.15, -0.1) is 0 Å². The summed E-state index contributed by atoms with van der Waals surface area (Å²) in [6.45, 7) is 11.5. The second-order valence-corrected chi connectivity index (χ2v) is 10.7. The SMILES string of the molecule is CC1=NC2CC3(CCC(c4ccc(Cc5cccc(C)c5C)cc4)CC3)[C@H](C)C2=C1C. The second-order valence-electron chi connectivity index (χ2n) is 10.7. The Morgan fingerprint density at radius 3 is 2.32 bits per heavy atom. The van der Waals surface area contributed by atoms with Crippen LogP contribution in [0.3, 0.4) is 0 Å². The molecule has 2 saturated carbocycles. The molecule has 2 aliphatic carbocycles. The van der Waals surface area contributed by atoms with Crippen LogP contribution in [0, 0.1) is 25.2 Å². The number of aryl methyl sites for hydroxylation is 1. The van der Waals surface area contributed by atoms with Gasteiger partial charge in [0, 0.05) is 5.71 Å². The molecule has 1 heteroatoms. The maximum atomic E-state index is 5.01. The molecule has 5 rings (SSSR count). The van der Waals surface area contributed by atoms with E-state index in [2.05, 4.69) is 77.1 Å². The average Bonchev–Trinajstić information content (AvgIpc) is 3.19. The minimum Gasteiger partial charge on any atom is -0.282 e. The zero-order valence-electron chi connectivity index (χ0n) is 20.0. The van der Waals surface area contributed by atoms with Crippen molar-refractivity contribution in [1.82, 2.24) is 0 Å². The lowest BCUT2D eigenvalue weighted by Gasteiger charge is -2.41. The summed E-state index contributed by atoms with van der Waals surface area (Å²) < 4.78 is 0. The predicted octanol–water partition coefficient (Wildman–Crippen LogP) is 7.74. The van der Waals surface area contributed by atoms with Crippen LogP contribution in [-0.2, 0) is 6.42 Å². The van der Waals surface area contributed by atoms with Gasteiger partial charge < -0.3 is 0 Å². The minimum absolute atomic E-state index is 0.496. The molecule has 31 heavy (non-hydrogen) atoms. The second kappa shape index (κ2) is 7.76. The summed E-state index contributed by atoms with van der Waals surface area (Å²) in [6, 6.07) is 16.7. The summed E-state index contributed by atoms with van der Waals surface area (Å²) in [4.78, 5) is 5.01. The molecule has 2 aromatic rings. The van der Waals surface area contributed by atoms with Crippen LogP contribution in [0.4, 0.5) is 0 Å². The molecule has 1 aliphatic heterocycles. The number of hydrogen-bond donors (Lipinski definition) is 0. The number of rotatable bonds is 3. The molecule has 2 aromatic carbocycles. The minimum atomic E-state index is 0.496. The first-order chi connectivity index (χ1) is 14.9. The van der Waals surface area contributed by atoms with E-state index in [4.69, 9.17) is 4.99 Å². The van der Waals surface area contributed by atoms with Crippen LogP contribution >= 0.6 is 0 Å². The van der Waals surface area contributed by atoms with Crippen molar-refractivity contribution < 1.29 is 0 Å². The summed E-state index contributed by atoms with van der Waals surface area (Å²) in [5.74, 6) is 1.44. The number of nitrogens with zero attached hydrogens (tertiary/aromatic N) is 1. The first-order valence-electron chi connectivity index (χ1n) is 12.3. The van der Waals surface area contributed by atoms with Gasteiger partial charge in [0.15, 0.2) is 0 Å². The van der Waals surface area contributed by atoms with Crippen LogP contribution in [0.5, 0.6) is 0 Å². The molecule has 0 saturated heterocycles. The highest BCUT2D eigenvalue weighted by Crippen LogP contribution is 2.59. The molecular formula is C30H37N. The summed E-state index contributed by atoms with van der Waals surface area (Å²) in [5.41, 5.74) is 12.2. The molecule has 1 unspecified atom stereocenters. The Morgan fingerprint density at radius 1 is 0.935 bits per heavy atom. The van der Waals surface area contributed by atoms with Gasteiger partial charge in [0.25, 0.3) is 0 Å². The monoisotopic (exact) mass is 411 g/mol. The first kappa shape index (κ1) is 20.7. The highest BCUT2D eigenvalue weighted by molar-refractivity contribution is 6.01. The highest BCUT2D eigenvalue weighted by atomic mass is 14.9. The van der Waals surface area contributed by atoms with Crippen LogP contribution in [0.1, 0.15) is 86.6 Å². The molecule has 1 heterocycles. The van der Waals surface area contributed by atoms with Crippen LogP contribution < -0.4 is 0 Å². The van der Waals surface area contributed by atoms with E-state index < -0.39 is 0 Å². The zero-order valence-corrected chi connectivity index (χ0v) is 20.0. The highest BCUT2D eigenvalue weighted by Gasteiger charge is 2.51. The van der Waals surface area contributed by atoms with Gasteiger partial charge in [-0.3, -0.25) is 4.99 Å². The number of aliphatic imine (C=N–C) groups is 1. The molecule has 3 aliphatic rings. The molecule has 0 N–H and O–H groups in total. The molecular weight excluding hydrogens is 374 g/mol. The van der Waals surface area contributed by atoms with Crippen molar-refractivity contribution >= 4 is 5.71 Å². The third-order valence-corrected chi connectivity index (χ3v) is 9.21. The van der Waals surface area contributed by atoms with E-state index in [1.807, 2.05) is 0 Å². The van der Waals surface area contributed by atoms with E-state index >= 15 is 0 Å². The standard InChI is InChI=1S/C30H37N/c1-19-7-6-8-27(20(19)2)17-24-9-11-25(12-10-24)26-13-15-30(16-14-26)18-28-29(22(30)4)21(3)23(5)31-28/h6-12,22,26,28H,13-18H2,1-5H3/t22-,26?,28?,30?/m1/s1. The Morgan fingerprint density at radius 2 is 1.65 bits per heavy atom. The van der Waals surface area contributed by atoms with Gasteiger partial charge in [0.1, 0.15) is 0 Å². The van der Waals surface area contributed by atoms with Gasteiger partial charge in [-0.05, 0) is 122 Å². The molecule has 1 nitrogen and oxygen atoms in total. The normalized spacial score (nSPS) is 30.1. The fourth-order valence-corrected chi connectivity index (χ4v) is 6.81. The van der Waals surface area contributed by atoms with Crippen molar-refractivity contribution in [3.63, 3.8) is 0 Å². The topological polar surface area (TPSA) is 12.4 Å². The molecule has 2 fully saturated rings. The Labute approximate surface area is 188 Å². The quantitative estimate of drug-likeness (QED) is 0.490. The maximum Gasteiger partial charge on any atom is 0.0726 e. The van der Waals surface area contributed by atoms with Crippen LogP contribution in [0.15, 0.2) is 58.6 Å². The van der Waals surface area contributed by atoms with Crippen molar-refractivity contribution in [2.75, 3.05) is 0 Å². The number of hydrogen-bond acceptors (Lipinski definition) is 1. The fourth-order valence-electron chi connectivity index (χ4n) is 6.81. The van der Waals surface area contributed by atoms with E-state index in [0.717, 1.165) is 12.3 Å². The largest absolute Gasteiger partial charge is 0.282 e. The molecule has 1 spiro atoms. The molecule has 0 aromatic heterocycles. The van der Waals surface area contributed by atoms with Gasteiger partial charge in [-0.25, -0.2) is 0 Å². The van der Waals surface area contributed by atoms with Crippen molar-refractivity contribution in [2.45, 2.75) is 85.1 Å². The van der Waals surface area contributed by atoms with Gasteiger partial charge in [0.2, 0.25) is 0 Å². The zero-order chi connectivity index (χ0) is 21.8. The van der Waals surface area contributed by atoms with E-state index in [1.54, 1.807) is 11.1 Å². The number of benzene rings is 2. The molecule has 2 atom stereocenters. The Balaban J connectivity index is 1.25. The van der Waals surface area contributed by atoms with Crippen molar-refractivity contribution in [2.24, 2.45) is 16.3 Å². The van der Waals surface area contributed by atoms with Gasteiger partial charge in [-0.1, -0.05) is 49.4 Å². The Hall–Kier alpha value is -2.15. The third-order valence-electron chi connectivity index (χ3n) is 9.21. The van der Waals surface area contributed by atoms with Crippen LogP contribution in [-0.4, -0.2) is 11.8 Å². The van der Waals surface area contributed by atoms with Crippen molar-refractivity contribution in [3.05, 3.63) is 81.4 Å². The summed E-state index contributed by atoms with van der Waals surface area (Å²) >= 11 is 0. The lowest BCUT2D eigenvalue weighted by atomic mass is 9.64. The Bertz CT molecular complexity index is 1040. The molecule has 162 valence electrons. The maximum absolute atomic E-state index is 5.01. The van der Waals surface area contributed by atoms with Crippen molar-refractivity contribution in [1.29, 1.82) is 0 Å². The lowest BCUT2D eigenvalue weighted by Crippen LogP contribution is -2.30. The van der Waals surface area contributed by atoms with E-state index in [0.29, 0.717) is 17.4 Å². The number of fused-ring (bicyclic) bond motifs is 1. The van der Waals surface area contributed by atoms with E-state index in [-0.39, 0.29) is 0 Å². The lowest BCUT2D eigenvalue weighted by molar-refractivity contribution is 0.135. The van der Waals surface area contributed by atoms with Crippen molar-refractivity contribution in [3.8, 4) is 0 Å². The summed E-state index contributed by atoms with van der Waals surface area (Å²) in [5, 5.41) is 0. The first-order valence-corrected chi connectivity index (χ1v) is 12.3. The molecule has 0 radical (unpaired) electrons. The van der Waals surface area contributed by atoms with E-state index in [9.17, 15) is 0 Å². The van der Waals surface area contributed by atoms with Crippen LogP contribution in [0.25, 0.3) is 0 Å². The molecule has 0 amide bonds. The predicted molar refractivity (Wildman–Crippen MR) is 132 cm³/mol. The average molecular weight is 412 g/mol. The Kier molecular flexibility index (Phi) is 5.19. The van der Waals surface area contributed by atoms with E-state index in [1.165, 1.54) is 65.6 Å². The molecule has 0 bridgehead atoms. The fraction of sp³-hybridized carbons (Fsp3) is 0.500. The summed E-state index contributed by atoms with van der Waals surface area (Å²) in [6.07, 6.45) is 7.73.